The molecule has 1 N–H and O–H groups in total. The van der Waals surface area contributed by atoms with Gasteiger partial charge in [0.05, 0.1) is 16.6 Å². The average Bonchev–Trinajstić information content (AvgIpc) is 2.75. The molecule has 1 amide bonds. The molecule has 0 aliphatic carbocycles. The van der Waals surface area contributed by atoms with Crippen molar-refractivity contribution in [1.82, 2.24) is 15.3 Å². The van der Waals surface area contributed by atoms with E-state index in [9.17, 15) is 10.1 Å². The van der Waals surface area contributed by atoms with E-state index in [-0.39, 0.29) is 6.61 Å². The molecule has 7 heteroatoms. The Bertz CT molecular complexity index is 1210. The molecule has 3 rings (SSSR count). The van der Waals surface area contributed by atoms with Gasteiger partial charge in [-0.3, -0.25) is 9.97 Å². The van der Waals surface area contributed by atoms with E-state index in [4.69, 9.17) is 9.47 Å². The maximum Gasteiger partial charge on any atom is 0.408 e. The van der Waals surface area contributed by atoms with Crippen molar-refractivity contribution in [3.05, 3.63) is 54.5 Å². The van der Waals surface area contributed by atoms with Gasteiger partial charge in [0, 0.05) is 24.0 Å². The molecule has 0 radical (unpaired) electrons. The topological polar surface area (TPSA) is 97.1 Å². The van der Waals surface area contributed by atoms with Crippen molar-refractivity contribution in [2.24, 2.45) is 5.92 Å². The van der Waals surface area contributed by atoms with Crippen molar-refractivity contribution >= 4 is 17.0 Å². The van der Waals surface area contributed by atoms with Gasteiger partial charge in [0.1, 0.15) is 24.0 Å². The van der Waals surface area contributed by atoms with Crippen molar-refractivity contribution in [3.8, 4) is 22.9 Å². The Morgan fingerprint density at radius 2 is 1.91 bits per heavy atom. The molecule has 7 nitrogen and oxygen atoms in total. The molecule has 0 spiro atoms. The molecule has 0 aliphatic heterocycles. The number of rotatable bonds is 7. The van der Waals surface area contributed by atoms with Crippen LogP contribution in [0.1, 0.15) is 53.5 Å². The minimum Gasteiger partial charge on any atom is -0.490 e. The fourth-order valence-corrected chi connectivity index (χ4v) is 3.99. The second kappa shape index (κ2) is 10.1. The predicted octanol–water partition coefficient (Wildman–Crippen LogP) is 5.88. The number of ether oxygens (including phenoxy) is 2. The highest BCUT2D eigenvalue weighted by Gasteiger charge is 2.31. The van der Waals surface area contributed by atoms with Crippen LogP contribution in [0.4, 0.5) is 4.79 Å². The largest absolute Gasteiger partial charge is 0.490 e. The van der Waals surface area contributed by atoms with Crippen LogP contribution >= 0.6 is 0 Å². The van der Waals surface area contributed by atoms with Gasteiger partial charge in [-0.25, -0.2) is 4.79 Å². The molecular formula is C27H32N4O3. The lowest BCUT2D eigenvalue weighted by Crippen LogP contribution is -2.52. The van der Waals surface area contributed by atoms with Crippen LogP contribution in [0.2, 0.25) is 0 Å². The van der Waals surface area contributed by atoms with E-state index in [1.54, 1.807) is 30.7 Å². The van der Waals surface area contributed by atoms with Crippen LogP contribution in [0.3, 0.4) is 0 Å². The summed E-state index contributed by atoms with van der Waals surface area (Å²) in [7, 11) is 0. The van der Waals surface area contributed by atoms with Gasteiger partial charge in [-0.1, -0.05) is 19.9 Å². The molecule has 2 heterocycles. The number of alkyl carbamates (subject to hydrolysis) is 1. The monoisotopic (exact) mass is 460 g/mol. The van der Waals surface area contributed by atoms with Crippen LogP contribution in [-0.4, -0.2) is 33.8 Å². The number of amides is 1. The number of pyridine rings is 2. The van der Waals surface area contributed by atoms with Gasteiger partial charge in [-0.2, -0.15) is 5.26 Å². The van der Waals surface area contributed by atoms with Crippen LogP contribution in [0.15, 0.2) is 48.9 Å². The molecule has 1 atom stereocenters. The predicted molar refractivity (Wildman–Crippen MR) is 132 cm³/mol. The van der Waals surface area contributed by atoms with Gasteiger partial charge in [-0.15, -0.1) is 0 Å². The molecule has 0 bridgehead atoms. The minimum absolute atomic E-state index is 0.195. The fourth-order valence-electron chi connectivity index (χ4n) is 3.99. The number of fused-ring (bicyclic) bond motifs is 1. The summed E-state index contributed by atoms with van der Waals surface area (Å²) in [4.78, 5) is 21.0. The molecule has 1 aromatic carbocycles. The Balaban J connectivity index is 1.84. The van der Waals surface area contributed by atoms with Gasteiger partial charge in [-0.05, 0) is 75.4 Å². The first-order valence-corrected chi connectivity index (χ1v) is 11.4. The molecule has 178 valence electrons. The first-order chi connectivity index (χ1) is 16.0. The highest BCUT2D eigenvalue weighted by atomic mass is 16.6. The second-order valence-corrected chi connectivity index (χ2v) is 10.1. The highest BCUT2D eigenvalue weighted by Crippen LogP contribution is 2.31. The summed E-state index contributed by atoms with van der Waals surface area (Å²) in [5, 5.41) is 13.7. The van der Waals surface area contributed by atoms with Crippen LogP contribution < -0.4 is 10.1 Å². The summed E-state index contributed by atoms with van der Waals surface area (Å²) in [6.45, 7) is 11.8. The Morgan fingerprint density at radius 3 is 2.59 bits per heavy atom. The van der Waals surface area contributed by atoms with Crippen molar-refractivity contribution in [3.63, 3.8) is 0 Å². The Labute approximate surface area is 201 Å². The van der Waals surface area contributed by atoms with Crippen molar-refractivity contribution in [2.45, 2.75) is 59.1 Å². The lowest BCUT2D eigenvalue weighted by Gasteiger charge is -2.33. The first kappa shape index (κ1) is 25.0. The van der Waals surface area contributed by atoms with E-state index in [2.05, 4.69) is 35.2 Å². The fraction of sp³-hybridized carbons (Fsp3) is 0.407. The summed E-state index contributed by atoms with van der Waals surface area (Å²) in [6, 6.07) is 11.5. The summed E-state index contributed by atoms with van der Waals surface area (Å²) in [6.07, 6.45) is 5.41. The summed E-state index contributed by atoms with van der Waals surface area (Å²) < 4.78 is 11.5. The molecule has 0 saturated heterocycles. The summed E-state index contributed by atoms with van der Waals surface area (Å²) in [5.74, 6) is 0.777. The molecular weight excluding hydrogens is 428 g/mol. The van der Waals surface area contributed by atoms with E-state index in [1.165, 1.54) is 0 Å². The van der Waals surface area contributed by atoms with Crippen LogP contribution in [0.25, 0.3) is 22.0 Å². The third-order valence-electron chi connectivity index (χ3n) is 5.16. The average molecular weight is 461 g/mol. The lowest BCUT2D eigenvalue weighted by molar-refractivity contribution is 0.0408. The zero-order chi connectivity index (χ0) is 24.9. The highest BCUT2D eigenvalue weighted by molar-refractivity contribution is 5.93. The van der Waals surface area contributed by atoms with Gasteiger partial charge in [0.2, 0.25) is 0 Å². The van der Waals surface area contributed by atoms with Crippen LogP contribution in [0.5, 0.6) is 5.75 Å². The maximum atomic E-state index is 12.4. The van der Waals surface area contributed by atoms with E-state index < -0.39 is 17.2 Å². The molecule has 2 aromatic heterocycles. The number of hydrogen-bond acceptors (Lipinski definition) is 6. The third-order valence-corrected chi connectivity index (χ3v) is 5.16. The van der Waals surface area contributed by atoms with Gasteiger partial charge in [0.25, 0.3) is 0 Å². The van der Waals surface area contributed by atoms with Gasteiger partial charge in [0.15, 0.2) is 0 Å². The number of aromatic nitrogens is 2. The zero-order valence-electron chi connectivity index (χ0n) is 20.7. The number of carbonyl (C=O) groups is 1. The molecule has 0 saturated carbocycles. The normalized spacial score (nSPS) is 13.2. The van der Waals surface area contributed by atoms with Crippen LogP contribution in [-0.2, 0) is 4.74 Å². The Kier molecular flexibility index (Phi) is 7.41. The number of hydrogen-bond donors (Lipinski definition) is 1. The third kappa shape index (κ3) is 6.44. The maximum absolute atomic E-state index is 12.4. The van der Waals surface area contributed by atoms with E-state index >= 15 is 0 Å². The van der Waals surface area contributed by atoms with Crippen molar-refractivity contribution in [1.29, 1.82) is 5.26 Å². The zero-order valence-corrected chi connectivity index (χ0v) is 20.7. The van der Waals surface area contributed by atoms with E-state index in [1.807, 2.05) is 45.9 Å². The number of carbonyl (C=O) groups excluding carboxylic acids is 1. The Morgan fingerprint density at radius 1 is 1.15 bits per heavy atom. The molecule has 0 unspecified atom stereocenters. The number of nitrogens with zero attached hydrogens (tertiary/aromatic N) is 3. The number of benzene rings is 1. The SMILES string of the molecule is CC(C)C[C@@](C)(COc1ccc(-c2ccnc3ccncc23)cc1C#N)NC(=O)OC(C)(C)C. The summed E-state index contributed by atoms with van der Waals surface area (Å²) >= 11 is 0. The smallest absolute Gasteiger partial charge is 0.408 e. The van der Waals surface area contributed by atoms with E-state index in [0.717, 1.165) is 22.0 Å². The minimum atomic E-state index is -0.672. The second-order valence-electron chi connectivity index (χ2n) is 10.1. The van der Waals surface area contributed by atoms with Gasteiger partial charge < -0.3 is 14.8 Å². The number of nitrogens with one attached hydrogen (secondary N) is 1. The first-order valence-electron chi connectivity index (χ1n) is 11.4. The van der Waals surface area contributed by atoms with Gasteiger partial charge >= 0.3 is 6.09 Å². The van der Waals surface area contributed by atoms with Crippen molar-refractivity contribution < 1.29 is 14.3 Å². The number of nitriles is 1. The summed E-state index contributed by atoms with van der Waals surface area (Å²) in [5.41, 5.74) is 1.80. The van der Waals surface area contributed by atoms with E-state index in [0.29, 0.717) is 23.7 Å². The molecule has 0 aliphatic rings. The molecule has 0 fully saturated rings. The molecule has 3 aromatic rings. The van der Waals surface area contributed by atoms with Crippen molar-refractivity contribution in [2.75, 3.05) is 6.61 Å². The standard InChI is InChI=1S/C27H32N4O3/c1-18(2)14-27(6,31-25(32)34-26(3,4)5)17-33-24-8-7-19(13-20(24)15-28)21-9-12-30-23-10-11-29-16-22(21)23/h7-13,16,18H,14,17H2,1-6H3,(H,31,32)/t27-/m0/s1. The molecule has 34 heavy (non-hydrogen) atoms. The lowest BCUT2D eigenvalue weighted by atomic mass is 9.91. The quantitative estimate of drug-likeness (QED) is 0.473. The Hall–Kier alpha value is -3.66. The van der Waals surface area contributed by atoms with Crippen LogP contribution in [0, 0.1) is 17.2 Å².